The molecule has 1 aliphatic rings. The fraction of sp³-hybridized carbons (Fsp3) is 0.450. The van der Waals surface area contributed by atoms with Crippen molar-refractivity contribution in [2.75, 3.05) is 10.7 Å². The highest BCUT2D eigenvalue weighted by Crippen LogP contribution is 2.43. The number of rotatable bonds is 3. The second-order valence-corrected chi connectivity index (χ2v) is 8.65. The summed E-state index contributed by atoms with van der Waals surface area (Å²) >= 11 is 1.27. The molecule has 0 fully saturated rings. The van der Waals surface area contributed by atoms with Gasteiger partial charge in [-0.15, -0.1) is 0 Å². The van der Waals surface area contributed by atoms with Gasteiger partial charge < -0.3 is 9.88 Å². The zero-order chi connectivity index (χ0) is 19.1. The van der Waals surface area contributed by atoms with Gasteiger partial charge in [0.05, 0.1) is 5.75 Å². The minimum Gasteiger partial charge on any atom is -0.306 e. The number of hydrogen-bond acceptors (Lipinski definition) is 4. The molecular formula is C20H25N3O2S. The molecular weight excluding hydrogens is 346 g/mol. The Morgan fingerprint density at radius 1 is 1.35 bits per heavy atom. The van der Waals surface area contributed by atoms with E-state index in [2.05, 4.69) is 55.9 Å². The molecule has 0 saturated carbocycles. The van der Waals surface area contributed by atoms with Gasteiger partial charge in [-0.1, -0.05) is 36.4 Å². The topological polar surface area (TPSA) is 66.1 Å². The first-order chi connectivity index (χ1) is 12.2. The van der Waals surface area contributed by atoms with E-state index in [-0.39, 0.29) is 22.8 Å². The van der Waals surface area contributed by atoms with Crippen molar-refractivity contribution in [1.82, 2.24) is 9.97 Å². The Morgan fingerprint density at radius 3 is 2.77 bits per heavy atom. The zero-order valence-electron chi connectivity index (χ0n) is 15.9. The lowest BCUT2D eigenvalue weighted by atomic mass is 9.79. The molecule has 0 saturated heterocycles. The van der Waals surface area contributed by atoms with Crippen LogP contribution in [0.4, 0.5) is 5.69 Å². The van der Waals surface area contributed by atoms with Crippen LogP contribution in [-0.4, -0.2) is 27.2 Å². The lowest BCUT2D eigenvalue weighted by Gasteiger charge is -2.46. The molecule has 26 heavy (non-hydrogen) atoms. The van der Waals surface area contributed by atoms with Crippen LogP contribution in [0.1, 0.15) is 49.9 Å². The number of fused-ring (bicyclic) bond motifs is 1. The van der Waals surface area contributed by atoms with Gasteiger partial charge in [0.1, 0.15) is 0 Å². The van der Waals surface area contributed by atoms with Gasteiger partial charge in [0.2, 0.25) is 5.91 Å². The number of aromatic nitrogens is 2. The molecule has 138 valence electrons. The third-order valence-corrected chi connectivity index (χ3v) is 5.65. The Balaban J connectivity index is 1.87. The summed E-state index contributed by atoms with van der Waals surface area (Å²) in [6.07, 6.45) is 0.916. The molecule has 1 aromatic heterocycles. The molecule has 2 aromatic rings. The van der Waals surface area contributed by atoms with Crippen LogP contribution in [0.2, 0.25) is 0 Å². The van der Waals surface area contributed by atoms with Crippen LogP contribution in [-0.2, 0) is 4.79 Å². The largest absolute Gasteiger partial charge is 0.306 e. The quantitative estimate of drug-likeness (QED) is 0.658. The van der Waals surface area contributed by atoms with Crippen LogP contribution in [0.3, 0.4) is 0 Å². The molecule has 5 nitrogen and oxygen atoms in total. The molecule has 1 aromatic carbocycles. The van der Waals surface area contributed by atoms with E-state index in [4.69, 9.17) is 0 Å². The number of benzene rings is 1. The Morgan fingerprint density at radius 2 is 2.08 bits per heavy atom. The number of H-pyrrole nitrogens is 1. The standard InChI is InChI=1S/C20H25N3O2S/c1-12-6-7-16-15(8-12)13(2)10-20(4,5)23(16)18(25)11-26-19-21-14(3)9-17(24)22-19/h6-9,13H,10-11H2,1-5H3,(H,21,22,24). The fourth-order valence-corrected chi connectivity index (χ4v) is 4.61. The molecule has 0 spiro atoms. The van der Waals surface area contributed by atoms with Crippen molar-refractivity contribution >= 4 is 23.4 Å². The van der Waals surface area contributed by atoms with E-state index in [1.807, 2.05) is 4.90 Å². The maximum Gasteiger partial charge on any atom is 0.251 e. The van der Waals surface area contributed by atoms with E-state index < -0.39 is 0 Å². The Bertz CT molecular complexity index is 904. The first kappa shape index (κ1) is 18.7. The monoisotopic (exact) mass is 371 g/mol. The van der Waals surface area contributed by atoms with Gasteiger partial charge in [0.15, 0.2) is 5.16 Å². The summed E-state index contributed by atoms with van der Waals surface area (Å²) in [5.41, 5.74) is 3.63. The molecule has 0 bridgehead atoms. The third kappa shape index (κ3) is 3.70. The van der Waals surface area contributed by atoms with E-state index in [1.54, 1.807) is 6.92 Å². The molecule has 0 radical (unpaired) electrons. The first-order valence-corrected chi connectivity index (χ1v) is 9.80. The maximum atomic E-state index is 13.1. The van der Waals surface area contributed by atoms with Crippen LogP contribution in [0.15, 0.2) is 34.2 Å². The predicted octanol–water partition coefficient (Wildman–Crippen LogP) is 3.80. The third-order valence-electron chi connectivity index (χ3n) is 4.80. The summed E-state index contributed by atoms with van der Waals surface area (Å²) < 4.78 is 0. The molecule has 1 aliphatic heterocycles. The normalized spacial score (nSPS) is 18.5. The summed E-state index contributed by atoms with van der Waals surface area (Å²) in [7, 11) is 0. The number of nitrogens with one attached hydrogen (secondary N) is 1. The van der Waals surface area contributed by atoms with Gasteiger partial charge in [-0.2, -0.15) is 0 Å². The minimum atomic E-state index is -0.257. The average Bonchev–Trinajstić information content (AvgIpc) is 2.52. The smallest absolute Gasteiger partial charge is 0.251 e. The summed E-state index contributed by atoms with van der Waals surface area (Å²) in [6.45, 7) is 10.3. The molecule has 1 amide bonds. The van der Waals surface area contributed by atoms with Gasteiger partial charge in [-0.25, -0.2) is 4.98 Å². The van der Waals surface area contributed by atoms with Crippen LogP contribution in [0, 0.1) is 13.8 Å². The Hall–Kier alpha value is -2.08. The summed E-state index contributed by atoms with van der Waals surface area (Å²) in [4.78, 5) is 33.6. The first-order valence-electron chi connectivity index (χ1n) is 8.82. The predicted molar refractivity (Wildman–Crippen MR) is 106 cm³/mol. The number of aromatic amines is 1. The van der Waals surface area contributed by atoms with Crippen molar-refractivity contribution in [2.45, 2.75) is 57.7 Å². The van der Waals surface area contributed by atoms with Crippen molar-refractivity contribution < 1.29 is 4.79 Å². The van der Waals surface area contributed by atoms with E-state index in [1.165, 1.54) is 29.0 Å². The van der Waals surface area contributed by atoms with Crippen molar-refractivity contribution in [3.05, 3.63) is 51.4 Å². The van der Waals surface area contributed by atoms with Crippen molar-refractivity contribution in [3.8, 4) is 0 Å². The lowest BCUT2D eigenvalue weighted by molar-refractivity contribution is -0.117. The van der Waals surface area contributed by atoms with Crippen molar-refractivity contribution in [3.63, 3.8) is 0 Å². The number of aryl methyl sites for hydroxylation is 2. The summed E-state index contributed by atoms with van der Waals surface area (Å²) in [5, 5.41) is 0.482. The van der Waals surface area contributed by atoms with Crippen LogP contribution < -0.4 is 10.5 Å². The number of nitrogens with zero attached hydrogens (tertiary/aromatic N) is 2. The van der Waals surface area contributed by atoms with Crippen molar-refractivity contribution in [2.24, 2.45) is 0 Å². The second-order valence-electron chi connectivity index (χ2n) is 7.69. The number of thioether (sulfide) groups is 1. The highest BCUT2D eigenvalue weighted by molar-refractivity contribution is 7.99. The highest BCUT2D eigenvalue weighted by Gasteiger charge is 2.39. The molecule has 2 heterocycles. The van der Waals surface area contributed by atoms with Crippen LogP contribution >= 0.6 is 11.8 Å². The number of carbonyl (C=O) groups excluding carboxylic acids is 1. The average molecular weight is 372 g/mol. The number of hydrogen-bond donors (Lipinski definition) is 1. The second kappa shape index (κ2) is 6.91. The Labute approximate surface area is 158 Å². The van der Waals surface area contributed by atoms with Crippen LogP contribution in [0.25, 0.3) is 0 Å². The molecule has 1 N–H and O–H groups in total. The molecule has 3 rings (SSSR count). The van der Waals surface area contributed by atoms with Crippen LogP contribution in [0.5, 0.6) is 0 Å². The van der Waals surface area contributed by atoms with E-state index in [0.717, 1.165) is 12.1 Å². The zero-order valence-corrected chi connectivity index (χ0v) is 16.7. The number of carbonyl (C=O) groups is 1. The minimum absolute atomic E-state index is 0.0289. The van der Waals surface area contributed by atoms with Gasteiger partial charge in [0, 0.05) is 23.0 Å². The van der Waals surface area contributed by atoms with E-state index in [9.17, 15) is 9.59 Å². The lowest BCUT2D eigenvalue weighted by Crippen LogP contribution is -2.52. The number of amides is 1. The van der Waals surface area contributed by atoms with E-state index >= 15 is 0 Å². The van der Waals surface area contributed by atoms with Crippen molar-refractivity contribution in [1.29, 1.82) is 0 Å². The maximum absolute atomic E-state index is 13.1. The SMILES string of the molecule is Cc1ccc2c(c1)C(C)CC(C)(C)N2C(=O)CSc1nc(C)cc(=O)[nH]1. The molecule has 1 unspecified atom stereocenters. The van der Waals surface area contributed by atoms with Gasteiger partial charge in [-0.3, -0.25) is 9.59 Å². The Kier molecular flexibility index (Phi) is 4.97. The highest BCUT2D eigenvalue weighted by atomic mass is 32.2. The van der Waals surface area contributed by atoms with Gasteiger partial charge >= 0.3 is 0 Å². The summed E-state index contributed by atoms with van der Waals surface area (Å²) in [5.74, 6) is 0.671. The fourth-order valence-electron chi connectivity index (χ4n) is 3.84. The van der Waals surface area contributed by atoms with E-state index in [0.29, 0.717) is 16.8 Å². The molecule has 1 atom stereocenters. The van der Waals surface area contributed by atoms with Gasteiger partial charge in [-0.05, 0) is 51.7 Å². The summed E-state index contributed by atoms with van der Waals surface area (Å²) in [6, 6.07) is 7.74. The molecule has 0 aliphatic carbocycles. The van der Waals surface area contributed by atoms with Gasteiger partial charge in [0.25, 0.3) is 5.56 Å². The molecule has 6 heteroatoms. The number of anilines is 1.